The zero-order valence-electron chi connectivity index (χ0n) is 14.7. The molecule has 8 heteroatoms. The summed E-state index contributed by atoms with van der Waals surface area (Å²) in [4.78, 5) is 23.1. The van der Waals surface area contributed by atoms with Crippen LogP contribution in [0.1, 0.15) is 23.2 Å². The Morgan fingerprint density at radius 2 is 2.07 bits per heavy atom. The molecule has 0 saturated carbocycles. The minimum absolute atomic E-state index is 0.00864. The Hall–Kier alpha value is -2.19. The summed E-state index contributed by atoms with van der Waals surface area (Å²) in [7, 11) is 1.65. The maximum Gasteiger partial charge on any atom is 0.274 e. The summed E-state index contributed by atoms with van der Waals surface area (Å²) in [5, 5.41) is 0.666. The Kier molecular flexibility index (Phi) is 5.27. The second-order valence-electron chi connectivity index (χ2n) is 6.31. The van der Waals surface area contributed by atoms with E-state index in [2.05, 4.69) is 25.9 Å². The third-order valence-corrected chi connectivity index (χ3v) is 5.87. The lowest BCUT2D eigenvalue weighted by molar-refractivity contribution is 0.0595. The highest BCUT2D eigenvalue weighted by Gasteiger charge is 2.25. The summed E-state index contributed by atoms with van der Waals surface area (Å²) in [6, 6.07) is 7.60. The number of hydrogen-bond donors (Lipinski definition) is 0. The molecule has 0 radical (unpaired) electrons. The molecule has 4 rings (SSSR count). The number of thiazole rings is 1. The molecular formula is C19H18BrN3O3S. The molecule has 1 aromatic carbocycles. The van der Waals surface area contributed by atoms with Crippen LogP contribution in [0.15, 0.2) is 41.1 Å². The second-order valence-corrected chi connectivity index (χ2v) is 8.22. The normalized spacial score (nSPS) is 15.1. The fraction of sp³-hybridized carbons (Fsp3) is 0.316. The highest BCUT2D eigenvalue weighted by atomic mass is 79.9. The summed E-state index contributed by atoms with van der Waals surface area (Å²) in [5.41, 5.74) is 1.51. The van der Waals surface area contributed by atoms with Crippen LogP contribution in [0.25, 0.3) is 10.2 Å². The van der Waals surface area contributed by atoms with Gasteiger partial charge in [0.25, 0.3) is 11.1 Å². The number of benzene rings is 1. The van der Waals surface area contributed by atoms with Crippen molar-refractivity contribution in [3.63, 3.8) is 0 Å². The lowest BCUT2D eigenvalue weighted by atomic mass is 10.1. The Balaban J connectivity index is 1.37. The summed E-state index contributed by atoms with van der Waals surface area (Å²) < 4.78 is 13.2. The molecule has 3 aromatic rings. The van der Waals surface area contributed by atoms with Crippen LogP contribution >= 0.6 is 27.3 Å². The Morgan fingerprint density at radius 3 is 2.81 bits per heavy atom. The van der Waals surface area contributed by atoms with Crippen molar-refractivity contribution in [2.24, 2.45) is 0 Å². The van der Waals surface area contributed by atoms with Crippen molar-refractivity contribution in [2.45, 2.75) is 18.9 Å². The molecule has 0 bridgehead atoms. The van der Waals surface area contributed by atoms with E-state index in [-0.39, 0.29) is 12.0 Å². The van der Waals surface area contributed by atoms with Gasteiger partial charge in [-0.1, -0.05) is 11.3 Å². The topological polar surface area (TPSA) is 64.6 Å². The van der Waals surface area contributed by atoms with Gasteiger partial charge in [0.2, 0.25) is 0 Å². The van der Waals surface area contributed by atoms with Crippen molar-refractivity contribution in [1.29, 1.82) is 0 Å². The monoisotopic (exact) mass is 447 g/mol. The van der Waals surface area contributed by atoms with E-state index in [0.717, 1.165) is 33.3 Å². The predicted molar refractivity (Wildman–Crippen MR) is 108 cm³/mol. The van der Waals surface area contributed by atoms with Gasteiger partial charge in [0, 0.05) is 42.8 Å². The molecule has 0 N–H and O–H groups in total. The van der Waals surface area contributed by atoms with Crippen LogP contribution in [0, 0.1) is 0 Å². The molecule has 0 aliphatic carbocycles. The number of piperidine rings is 1. The molecule has 27 heavy (non-hydrogen) atoms. The average molecular weight is 448 g/mol. The molecule has 1 amide bonds. The number of amides is 1. The maximum absolute atomic E-state index is 12.6. The number of hydrogen-bond acceptors (Lipinski definition) is 6. The standard InChI is InChI=1S/C19H18BrN3O3S/c1-25-15-2-3-16-17(9-15)27-19(22-16)26-14-4-6-23(7-5-14)18(24)12-8-13(20)11-21-10-12/h2-3,8-11,14H,4-7H2,1H3. The number of carbonyl (C=O) groups excluding carboxylic acids is 1. The number of methoxy groups -OCH3 is 1. The molecule has 2 aromatic heterocycles. The molecular weight excluding hydrogens is 430 g/mol. The summed E-state index contributed by atoms with van der Waals surface area (Å²) >= 11 is 4.88. The number of fused-ring (bicyclic) bond motifs is 1. The molecule has 3 heterocycles. The SMILES string of the molecule is COc1ccc2nc(OC3CCN(C(=O)c4cncc(Br)c4)CC3)sc2c1. The highest BCUT2D eigenvalue weighted by molar-refractivity contribution is 9.10. The summed E-state index contributed by atoms with van der Waals surface area (Å²) in [6.45, 7) is 1.32. The van der Waals surface area contributed by atoms with Crippen LogP contribution in [0.2, 0.25) is 0 Å². The van der Waals surface area contributed by atoms with Crippen molar-refractivity contribution in [3.8, 4) is 10.9 Å². The first-order chi connectivity index (χ1) is 13.1. The van der Waals surface area contributed by atoms with E-state index in [1.165, 1.54) is 11.3 Å². The minimum atomic E-state index is 0.00864. The van der Waals surface area contributed by atoms with Gasteiger partial charge in [-0.2, -0.15) is 0 Å². The van der Waals surface area contributed by atoms with Gasteiger partial charge in [-0.15, -0.1) is 0 Å². The number of carbonyl (C=O) groups is 1. The first-order valence-electron chi connectivity index (χ1n) is 8.63. The Labute approximate surface area is 169 Å². The number of aromatic nitrogens is 2. The van der Waals surface area contributed by atoms with E-state index in [1.54, 1.807) is 25.6 Å². The van der Waals surface area contributed by atoms with Crippen LogP contribution < -0.4 is 9.47 Å². The number of nitrogens with zero attached hydrogens (tertiary/aromatic N) is 3. The fourth-order valence-electron chi connectivity index (χ4n) is 3.09. The smallest absolute Gasteiger partial charge is 0.274 e. The van der Waals surface area contributed by atoms with E-state index in [0.29, 0.717) is 23.8 Å². The minimum Gasteiger partial charge on any atom is -0.497 e. The number of pyridine rings is 1. The largest absolute Gasteiger partial charge is 0.497 e. The summed E-state index contributed by atoms with van der Waals surface area (Å²) in [5.74, 6) is 0.820. The molecule has 1 aliphatic rings. The van der Waals surface area contributed by atoms with Crippen molar-refractivity contribution in [1.82, 2.24) is 14.9 Å². The summed E-state index contributed by atoms with van der Waals surface area (Å²) in [6.07, 6.45) is 4.91. The Morgan fingerprint density at radius 1 is 1.26 bits per heavy atom. The van der Waals surface area contributed by atoms with E-state index < -0.39 is 0 Å². The van der Waals surface area contributed by atoms with Gasteiger partial charge in [0.15, 0.2) is 0 Å². The number of likely N-dealkylation sites (tertiary alicyclic amines) is 1. The van der Waals surface area contributed by atoms with E-state index in [9.17, 15) is 4.79 Å². The van der Waals surface area contributed by atoms with Crippen molar-refractivity contribution in [3.05, 3.63) is 46.7 Å². The maximum atomic E-state index is 12.6. The molecule has 140 valence electrons. The van der Waals surface area contributed by atoms with Gasteiger partial charge in [-0.25, -0.2) is 4.98 Å². The zero-order valence-corrected chi connectivity index (χ0v) is 17.1. The third kappa shape index (κ3) is 4.06. The first-order valence-corrected chi connectivity index (χ1v) is 10.2. The zero-order chi connectivity index (χ0) is 18.8. The number of rotatable bonds is 4. The third-order valence-electron chi connectivity index (χ3n) is 4.52. The molecule has 6 nitrogen and oxygen atoms in total. The van der Waals surface area contributed by atoms with Gasteiger partial charge in [-0.3, -0.25) is 9.78 Å². The van der Waals surface area contributed by atoms with Crippen LogP contribution in [-0.4, -0.2) is 47.1 Å². The van der Waals surface area contributed by atoms with Crippen molar-refractivity contribution >= 4 is 43.4 Å². The van der Waals surface area contributed by atoms with Crippen LogP contribution in [0.4, 0.5) is 0 Å². The molecule has 0 atom stereocenters. The first kappa shape index (κ1) is 18.2. The van der Waals surface area contributed by atoms with E-state index in [1.807, 2.05) is 23.1 Å². The number of halogens is 1. The predicted octanol–water partition coefficient (Wildman–Crippen LogP) is 4.15. The molecule has 1 saturated heterocycles. The molecule has 0 spiro atoms. The highest BCUT2D eigenvalue weighted by Crippen LogP contribution is 2.32. The lowest BCUT2D eigenvalue weighted by Gasteiger charge is -2.31. The second kappa shape index (κ2) is 7.82. The van der Waals surface area contributed by atoms with Crippen LogP contribution in [-0.2, 0) is 0 Å². The van der Waals surface area contributed by atoms with E-state index in [4.69, 9.17) is 9.47 Å². The van der Waals surface area contributed by atoms with Crippen molar-refractivity contribution < 1.29 is 14.3 Å². The van der Waals surface area contributed by atoms with Crippen LogP contribution in [0.3, 0.4) is 0 Å². The molecule has 1 aliphatic heterocycles. The van der Waals surface area contributed by atoms with Gasteiger partial charge < -0.3 is 14.4 Å². The Bertz CT molecular complexity index is 970. The molecule has 1 fully saturated rings. The van der Waals surface area contributed by atoms with Gasteiger partial charge >= 0.3 is 0 Å². The van der Waals surface area contributed by atoms with Gasteiger partial charge in [0.05, 0.1) is 22.9 Å². The lowest BCUT2D eigenvalue weighted by Crippen LogP contribution is -2.41. The van der Waals surface area contributed by atoms with Gasteiger partial charge in [0.1, 0.15) is 11.9 Å². The van der Waals surface area contributed by atoms with Crippen molar-refractivity contribution in [2.75, 3.05) is 20.2 Å². The number of ether oxygens (including phenoxy) is 2. The quantitative estimate of drug-likeness (QED) is 0.600. The van der Waals surface area contributed by atoms with Gasteiger partial charge in [-0.05, 0) is 40.2 Å². The molecule has 0 unspecified atom stereocenters. The fourth-order valence-corrected chi connectivity index (χ4v) is 4.37. The average Bonchev–Trinajstić information content (AvgIpc) is 3.09. The van der Waals surface area contributed by atoms with E-state index >= 15 is 0 Å². The van der Waals surface area contributed by atoms with Crippen LogP contribution in [0.5, 0.6) is 10.9 Å².